The van der Waals surface area contributed by atoms with Gasteiger partial charge in [0.25, 0.3) is 5.91 Å². The van der Waals surface area contributed by atoms with Crippen molar-refractivity contribution in [2.45, 2.75) is 30.5 Å². The Morgan fingerprint density at radius 1 is 0.882 bits per heavy atom. The lowest BCUT2D eigenvalue weighted by Crippen LogP contribution is -2.52. The second kappa shape index (κ2) is 9.03. The lowest BCUT2D eigenvalue weighted by molar-refractivity contribution is -0.137. The molecule has 182 valence electrons. The van der Waals surface area contributed by atoms with Crippen molar-refractivity contribution >= 4 is 33.0 Å². The molecule has 11 heteroatoms. The van der Waals surface area contributed by atoms with Crippen molar-refractivity contribution in [2.24, 2.45) is 0 Å². The molecule has 2 saturated heterocycles. The lowest BCUT2D eigenvalue weighted by atomic mass is 10.1. The molecule has 0 unspecified atom stereocenters. The third-order valence-electron chi connectivity index (χ3n) is 6.27. The number of hydrogen-bond acceptors (Lipinski definition) is 6. The molecule has 4 rings (SSSR count). The highest BCUT2D eigenvalue weighted by Crippen LogP contribution is 2.32. The van der Waals surface area contributed by atoms with E-state index in [-0.39, 0.29) is 22.8 Å². The maximum atomic E-state index is 13.0. The molecule has 7 nitrogen and oxygen atoms in total. The predicted molar refractivity (Wildman–Crippen MR) is 120 cm³/mol. The number of piperazine rings is 1. The first-order chi connectivity index (χ1) is 16.0. The Balaban J connectivity index is 1.40. The number of amides is 2. The van der Waals surface area contributed by atoms with Crippen LogP contribution in [0.5, 0.6) is 0 Å². The van der Waals surface area contributed by atoms with E-state index in [1.165, 1.54) is 0 Å². The largest absolute Gasteiger partial charge is 0.416 e. The molecule has 2 aliphatic heterocycles. The average molecular weight is 496 g/mol. The second-order valence-electron chi connectivity index (χ2n) is 8.25. The molecular formula is C23H24F3N3O4S. The van der Waals surface area contributed by atoms with Gasteiger partial charge in [0, 0.05) is 31.9 Å². The Labute approximate surface area is 195 Å². The Kier molecular flexibility index (Phi) is 6.43. The highest BCUT2D eigenvalue weighted by molar-refractivity contribution is 7.91. The van der Waals surface area contributed by atoms with Crippen molar-refractivity contribution < 1.29 is 31.2 Å². The molecule has 0 bridgehead atoms. The van der Waals surface area contributed by atoms with Gasteiger partial charge < -0.3 is 4.90 Å². The molecule has 2 aliphatic rings. The summed E-state index contributed by atoms with van der Waals surface area (Å²) in [6, 6.07) is 10.0. The molecule has 0 N–H and O–H groups in total. The smallest absolute Gasteiger partial charge is 0.369 e. The molecule has 2 heterocycles. The molecule has 2 aromatic carbocycles. The minimum atomic E-state index is -4.50. The molecule has 0 aromatic heterocycles. The van der Waals surface area contributed by atoms with Crippen LogP contribution >= 0.6 is 0 Å². The zero-order valence-corrected chi connectivity index (χ0v) is 19.3. The SMILES string of the molecule is CCS(=O)(=O)c1ccc(N2CCN([C@@H]3CC(=O)N(c4ccc(C(F)(F)F)cc4)C3=O)CC2)cc1. The molecule has 0 radical (unpaired) electrons. The summed E-state index contributed by atoms with van der Waals surface area (Å²) in [4.78, 5) is 30.7. The van der Waals surface area contributed by atoms with E-state index in [9.17, 15) is 31.2 Å². The van der Waals surface area contributed by atoms with Gasteiger partial charge in [-0.05, 0) is 48.5 Å². The number of rotatable bonds is 5. The van der Waals surface area contributed by atoms with E-state index >= 15 is 0 Å². The Morgan fingerprint density at radius 3 is 1.97 bits per heavy atom. The quantitative estimate of drug-likeness (QED) is 0.594. The molecular weight excluding hydrogens is 471 g/mol. The van der Waals surface area contributed by atoms with Crippen LogP contribution in [0.1, 0.15) is 18.9 Å². The van der Waals surface area contributed by atoms with Crippen LogP contribution in [-0.4, -0.2) is 63.1 Å². The van der Waals surface area contributed by atoms with Gasteiger partial charge in [0.1, 0.15) is 0 Å². The van der Waals surface area contributed by atoms with Crippen LogP contribution < -0.4 is 9.80 Å². The molecule has 0 spiro atoms. The minimum absolute atomic E-state index is 0.0244. The summed E-state index contributed by atoms with van der Waals surface area (Å²) in [5, 5.41) is 0. The van der Waals surface area contributed by atoms with Crippen molar-refractivity contribution in [1.82, 2.24) is 4.90 Å². The van der Waals surface area contributed by atoms with Crippen molar-refractivity contribution in [3.05, 3.63) is 54.1 Å². The van der Waals surface area contributed by atoms with Crippen LogP contribution in [0.4, 0.5) is 24.5 Å². The summed E-state index contributed by atoms with van der Waals surface area (Å²) in [7, 11) is -3.27. The van der Waals surface area contributed by atoms with Gasteiger partial charge in [-0.2, -0.15) is 13.2 Å². The third kappa shape index (κ3) is 4.67. The van der Waals surface area contributed by atoms with Gasteiger partial charge >= 0.3 is 6.18 Å². The molecule has 0 aliphatic carbocycles. The minimum Gasteiger partial charge on any atom is -0.369 e. The molecule has 2 amide bonds. The van der Waals surface area contributed by atoms with Crippen LogP contribution in [0.2, 0.25) is 0 Å². The summed E-state index contributed by atoms with van der Waals surface area (Å²) < 4.78 is 62.4. The first kappa shape index (κ1) is 24.2. The normalized spacial score (nSPS) is 20.3. The van der Waals surface area contributed by atoms with Crippen LogP contribution in [0.3, 0.4) is 0 Å². The number of carbonyl (C=O) groups is 2. The highest BCUT2D eigenvalue weighted by Gasteiger charge is 2.43. The maximum absolute atomic E-state index is 13.0. The summed E-state index contributed by atoms with van der Waals surface area (Å²) >= 11 is 0. The zero-order chi connectivity index (χ0) is 24.7. The van der Waals surface area contributed by atoms with Gasteiger partial charge in [-0.3, -0.25) is 14.5 Å². The summed E-state index contributed by atoms with van der Waals surface area (Å²) in [5.74, 6) is -0.847. The predicted octanol–water partition coefficient (Wildman–Crippen LogP) is 2.95. The van der Waals surface area contributed by atoms with Gasteiger partial charge in [0.2, 0.25) is 5.91 Å². The van der Waals surface area contributed by atoms with Crippen LogP contribution in [-0.2, 0) is 25.6 Å². The Morgan fingerprint density at radius 2 is 1.44 bits per heavy atom. The Hall–Kier alpha value is -2.92. The molecule has 2 fully saturated rings. The van der Waals surface area contributed by atoms with Gasteiger partial charge in [0.15, 0.2) is 9.84 Å². The number of imide groups is 1. The number of carbonyl (C=O) groups excluding carboxylic acids is 2. The Bertz CT molecular complexity index is 1170. The van der Waals surface area contributed by atoms with Crippen LogP contribution in [0.15, 0.2) is 53.4 Å². The number of sulfone groups is 1. The van der Waals surface area contributed by atoms with Crippen molar-refractivity contribution in [1.29, 1.82) is 0 Å². The number of anilines is 2. The first-order valence-corrected chi connectivity index (χ1v) is 12.5. The number of alkyl halides is 3. The zero-order valence-electron chi connectivity index (χ0n) is 18.5. The number of benzene rings is 2. The number of nitrogens with zero attached hydrogens (tertiary/aromatic N) is 3. The third-order valence-corrected chi connectivity index (χ3v) is 8.02. The van der Waals surface area contributed by atoms with Crippen molar-refractivity contribution in [2.75, 3.05) is 41.7 Å². The fourth-order valence-corrected chi connectivity index (χ4v) is 5.18. The highest BCUT2D eigenvalue weighted by atomic mass is 32.2. The molecule has 34 heavy (non-hydrogen) atoms. The van der Waals surface area contributed by atoms with E-state index in [2.05, 4.69) is 4.90 Å². The topological polar surface area (TPSA) is 78.0 Å². The van der Waals surface area contributed by atoms with Crippen LogP contribution in [0, 0.1) is 0 Å². The average Bonchev–Trinajstić information content (AvgIpc) is 3.12. The first-order valence-electron chi connectivity index (χ1n) is 10.9. The standard InChI is InChI=1S/C23H24F3N3O4S/c1-2-34(32,33)19-9-7-17(8-10-19)27-11-13-28(14-12-27)20-15-21(30)29(22(20)31)18-5-3-16(4-6-18)23(24,25)26/h3-10,20H,2,11-15H2,1H3/t20-/m1/s1. The van der Waals surface area contributed by atoms with E-state index in [1.54, 1.807) is 31.2 Å². The van der Waals surface area contributed by atoms with Gasteiger partial charge in [-0.1, -0.05) is 6.92 Å². The number of hydrogen-bond donors (Lipinski definition) is 0. The summed E-state index contributed by atoms with van der Waals surface area (Å²) in [6.45, 7) is 3.78. The van der Waals surface area contributed by atoms with E-state index in [4.69, 9.17) is 0 Å². The fraction of sp³-hybridized carbons (Fsp3) is 0.391. The second-order valence-corrected chi connectivity index (χ2v) is 10.5. The maximum Gasteiger partial charge on any atom is 0.416 e. The summed E-state index contributed by atoms with van der Waals surface area (Å²) in [5.41, 5.74) is 0.157. The van der Waals surface area contributed by atoms with Crippen LogP contribution in [0.25, 0.3) is 0 Å². The number of halogens is 3. The van der Waals surface area contributed by atoms with Gasteiger partial charge in [0.05, 0.1) is 34.4 Å². The van der Waals surface area contributed by atoms with Gasteiger partial charge in [-0.25, -0.2) is 13.3 Å². The van der Waals surface area contributed by atoms with E-state index in [1.807, 2.05) is 4.90 Å². The van der Waals surface area contributed by atoms with Crippen molar-refractivity contribution in [3.63, 3.8) is 0 Å². The summed E-state index contributed by atoms with van der Waals surface area (Å²) in [6.07, 6.45) is -4.52. The van der Waals surface area contributed by atoms with E-state index in [0.29, 0.717) is 26.2 Å². The van der Waals surface area contributed by atoms with Crippen molar-refractivity contribution in [3.8, 4) is 0 Å². The fourth-order valence-electron chi connectivity index (χ4n) is 4.29. The molecule has 2 aromatic rings. The van der Waals surface area contributed by atoms with E-state index < -0.39 is 39.4 Å². The van der Waals surface area contributed by atoms with E-state index in [0.717, 1.165) is 34.9 Å². The monoisotopic (exact) mass is 495 g/mol. The molecule has 0 saturated carbocycles. The molecule has 1 atom stereocenters. The lowest BCUT2D eigenvalue weighted by Gasteiger charge is -2.38. The van der Waals surface area contributed by atoms with Gasteiger partial charge in [-0.15, -0.1) is 0 Å².